The van der Waals surface area contributed by atoms with Crippen LogP contribution in [0, 0.1) is 0 Å². The Morgan fingerprint density at radius 2 is 2.16 bits per heavy atom. The fourth-order valence-corrected chi connectivity index (χ4v) is 2.47. The third kappa shape index (κ3) is 3.04. The average Bonchev–Trinajstić information content (AvgIpc) is 3.05. The zero-order valence-electron chi connectivity index (χ0n) is 13.2. The van der Waals surface area contributed by atoms with Gasteiger partial charge in [0, 0.05) is 24.5 Å². The summed E-state index contributed by atoms with van der Waals surface area (Å²) < 4.78 is 6.63. The summed E-state index contributed by atoms with van der Waals surface area (Å²) in [5.41, 5.74) is -2.02. The van der Waals surface area contributed by atoms with E-state index in [1.54, 1.807) is 18.3 Å². The van der Waals surface area contributed by atoms with E-state index >= 15 is 0 Å². The van der Waals surface area contributed by atoms with Crippen LogP contribution in [0.4, 0.5) is 5.82 Å². The number of carboxylic acids is 1. The first-order chi connectivity index (χ1) is 11.8. The summed E-state index contributed by atoms with van der Waals surface area (Å²) in [6.07, 6.45) is 1.53. The fourth-order valence-electron chi connectivity index (χ4n) is 2.47. The second kappa shape index (κ2) is 6.15. The lowest BCUT2D eigenvalue weighted by atomic mass is 9.97. The largest absolute Gasteiger partial charge is 0.479 e. The Morgan fingerprint density at radius 3 is 2.80 bits per heavy atom. The number of aromatic amines is 1. The second-order valence-electron chi connectivity index (χ2n) is 5.72. The van der Waals surface area contributed by atoms with Crippen LogP contribution in [0.5, 0.6) is 0 Å². The van der Waals surface area contributed by atoms with E-state index in [1.165, 1.54) is 21.8 Å². The number of H-pyrrole nitrogens is 1. The number of aliphatic hydroxyl groups is 1. The van der Waals surface area contributed by atoms with Crippen molar-refractivity contribution >= 4 is 17.7 Å². The van der Waals surface area contributed by atoms with Crippen LogP contribution in [-0.4, -0.2) is 61.7 Å². The number of nitrogens with one attached hydrogen (secondary N) is 1. The second-order valence-corrected chi connectivity index (χ2v) is 5.72. The standard InChI is InChI=1S/C15H16N4O6/c1-15(24,14(22)23)12-13(21)18(6-7-25-12)10-4-5-19(17-10)9-2-3-11(20)16-8-9/h2-5,8,12,24H,6-7H2,1H3,(H,16,20)(H,22,23)/t12-,15+/m0/s1. The summed E-state index contributed by atoms with van der Waals surface area (Å²) in [6.45, 7) is 1.25. The molecule has 2 aromatic heterocycles. The summed E-state index contributed by atoms with van der Waals surface area (Å²) >= 11 is 0. The summed E-state index contributed by atoms with van der Waals surface area (Å²) in [5, 5.41) is 23.4. The van der Waals surface area contributed by atoms with Crippen LogP contribution in [0.25, 0.3) is 5.69 Å². The van der Waals surface area contributed by atoms with Gasteiger partial charge in [0.25, 0.3) is 5.91 Å². The van der Waals surface area contributed by atoms with Crippen molar-refractivity contribution in [2.24, 2.45) is 0 Å². The van der Waals surface area contributed by atoms with Crippen molar-refractivity contribution in [3.05, 3.63) is 40.9 Å². The van der Waals surface area contributed by atoms with Crippen molar-refractivity contribution in [3.63, 3.8) is 0 Å². The Labute approximate surface area is 141 Å². The number of aliphatic carboxylic acids is 1. The number of hydrogen-bond acceptors (Lipinski definition) is 6. The summed E-state index contributed by atoms with van der Waals surface area (Å²) in [6, 6.07) is 4.48. The number of anilines is 1. The van der Waals surface area contributed by atoms with Crippen LogP contribution < -0.4 is 10.5 Å². The van der Waals surface area contributed by atoms with Crippen LogP contribution in [0.3, 0.4) is 0 Å². The molecule has 25 heavy (non-hydrogen) atoms. The number of pyridine rings is 1. The van der Waals surface area contributed by atoms with Crippen molar-refractivity contribution < 1.29 is 24.5 Å². The van der Waals surface area contributed by atoms with E-state index in [-0.39, 0.29) is 24.5 Å². The summed E-state index contributed by atoms with van der Waals surface area (Å²) in [4.78, 5) is 38.6. The van der Waals surface area contributed by atoms with Gasteiger partial charge in [-0.05, 0) is 13.0 Å². The summed E-state index contributed by atoms with van der Waals surface area (Å²) in [7, 11) is 0. The molecule has 0 spiro atoms. The minimum atomic E-state index is -2.35. The number of rotatable bonds is 4. The molecule has 1 aliphatic heterocycles. The van der Waals surface area contributed by atoms with Crippen LogP contribution in [0.2, 0.25) is 0 Å². The molecule has 0 aromatic carbocycles. The normalized spacial score (nSPS) is 20.3. The SMILES string of the molecule is C[C@](O)(C(=O)O)[C@H]1OCCN(c2ccn(-c3ccc(=O)[nH]c3)n2)C1=O. The van der Waals surface area contributed by atoms with E-state index in [2.05, 4.69) is 10.1 Å². The highest BCUT2D eigenvalue weighted by molar-refractivity contribution is 6.00. The molecule has 0 radical (unpaired) electrons. The lowest BCUT2D eigenvalue weighted by molar-refractivity contribution is -0.180. The molecule has 10 nitrogen and oxygen atoms in total. The Kier molecular flexibility index (Phi) is 4.15. The maximum atomic E-state index is 12.5. The Hall–Kier alpha value is -2.98. The number of hydrogen-bond donors (Lipinski definition) is 3. The number of carboxylic acid groups (broad SMARTS) is 1. The van der Waals surface area contributed by atoms with Crippen molar-refractivity contribution in [3.8, 4) is 5.69 Å². The molecule has 0 saturated carbocycles. The predicted octanol–water partition coefficient (Wildman–Crippen LogP) is -0.872. The zero-order valence-corrected chi connectivity index (χ0v) is 13.2. The molecule has 1 amide bonds. The molecule has 0 bridgehead atoms. The zero-order chi connectivity index (χ0) is 18.2. The number of carbonyl (C=O) groups is 2. The smallest absolute Gasteiger partial charge is 0.338 e. The van der Waals surface area contributed by atoms with Gasteiger partial charge in [-0.1, -0.05) is 0 Å². The number of morpholine rings is 1. The van der Waals surface area contributed by atoms with E-state index < -0.39 is 23.6 Å². The molecular formula is C15H16N4O6. The highest BCUT2D eigenvalue weighted by Crippen LogP contribution is 2.24. The molecule has 1 saturated heterocycles. The van der Waals surface area contributed by atoms with Crippen LogP contribution in [0.1, 0.15) is 6.92 Å². The van der Waals surface area contributed by atoms with E-state index in [9.17, 15) is 19.5 Å². The molecule has 2 atom stereocenters. The monoisotopic (exact) mass is 348 g/mol. The first-order valence-electron chi connectivity index (χ1n) is 7.44. The van der Waals surface area contributed by atoms with Crippen LogP contribution >= 0.6 is 0 Å². The molecular weight excluding hydrogens is 332 g/mol. The lowest BCUT2D eigenvalue weighted by Crippen LogP contribution is -2.60. The van der Waals surface area contributed by atoms with Gasteiger partial charge in [0.2, 0.25) is 5.56 Å². The molecule has 10 heteroatoms. The molecule has 0 aliphatic carbocycles. The Balaban J connectivity index is 1.87. The van der Waals surface area contributed by atoms with Crippen molar-refractivity contribution in [2.75, 3.05) is 18.1 Å². The topological polar surface area (TPSA) is 138 Å². The van der Waals surface area contributed by atoms with Gasteiger partial charge in [0.05, 0.1) is 18.8 Å². The first kappa shape index (κ1) is 16.9. The number of ether oxygens (including phenoxy) is 1. The number of aromatic nitrogens is 3. The van der Waals surface area contributed by atoms with Gasteiger partial charge in [-0.25, -0.2) is 9.48 Å². The minimum Gasteiger partial charge on any atom is -0.479 e. The minimum absolute atomic E-state index is 0.0609. The maximum Gasteiger partial charge on any atom is 0.338 e. The quantitative estimate of drug-likeness (QED) is 0.653. The number of carbonyl (C=O) groups excluding carboxylic acids is 1. The fraction of sp³-hybridized carbons (Fsp3) is 0.333. The first-order valence-corrected chi connectivity index (χ1v) is 7.44. The van der Waals surface area contributed by atoms with Crippen molar-refractivity contribution in [1.29, 1.82) is 0 Å². The molecule has 3 rings (SSSR count). The number of nitrogens with zero attached hydrogens (tertiary/aromatic N) is 3. The maximum absolute atomic E-state index is 12.5. The van der Waals surface area contributed by atoms with E-state index in [1.807, 2.05) is 0 Å². The molecule has 0 unspecified atom stereocenters. The molecule has 3 heterocycles. The van der Waals surface area contributed by atoms with Gasteiger partial charge in [-0.2, -0.15) is 0 Å². The van der Waals surface area contributed by atoms with Crippen LogP contribution in [-0.2, 0) is 14.3 Å². The summed E-state index contributed by atoms with van der Waals surface area (Å²) in [5.74, 6) is -1.96. The van der Waals surface area contributed by atoms with Crippen molar-refractivity contribution in [2.45, 2.75) is 18.6 Å². The highest BCUT2D eigenvalue weighted by atomic mass is 16.5. The molecule has 132 valence electrons. The Bertz CT molecular complexity index is 850. The molecule has 2 aromatic rings. The average molecular weight is 348 g/mol. The Morgan fingerprint density at radius 1 is 1.40 bits per heavy atom. The van der Waals surface area contributed by atoms with E-state index in [0.717, 1.165) is 6.92 Å². The van der Waals surface area contributed by atoms with Gasteiger partial charge in [-0.3, -0.25) is 14.5 Å². The van der Waals surface area contributed by atoms with Crippen molar-refractivity contribution in [1.82, 2.24) is 14.8 Å². The third-order valence-electron chi connectivity index (χ3n) is 3.92. The van der Waals surface area contributed by atoms with Crippen LogP contribution in [0.15, 0.2) is 35.4 Å². The predicted molar refractivity (Wildman–Crippen MR) is 84.5 cm³/mol. The van der Waals surface area contributed by atoms with E-state index in [4.69, 9.17) is 9.84 Å². The van der Waals surface area contributed by atoms with E-state index in [0.29, 0.717) is 5.69 Å². The van der Waals surface area contributed by atoms with Gasteiger partial charge in [-0.15, -0.1) is 5.10 Å². The number of amides is 1. The van der Waals surface area contributed by atoms with Gasteiger partial charge in [0.15, 0.2) is 17.5 Å². The molecule has 1 aliphatic rings. The van der Waals surface area contributed by atoms with Gasteiger partial charge < -0.3 is 19.9 Å². The van der Waals surface area contributed by atoms with Gasteiger partial charge >= 0.3 is 5.97 Å². The lowest BCUT2D eigenvalue weighted by Gasteiger charge is -2.36. The molecule has 3 N–H and O–H groups in total. The highest BCUT2D eigenvalue weighted by Gasteiger charge is 2.49. The third-order valence-corrected chi connectivity index (χ3v) is 3.92. The van der Waals surface area contributed by atoms with Gasteiger partial charge in [0.1, 0.15) is 0 Å². The molecule has 1 fully saturated rings.